The Balaban J connectivity index is 2.13. The fourth-order valence-corrected chi connectivity index (χ4v) is 2.30. The summed E-state index contributed by atoms with van der Waals surface area (Å²) in [7, 11) is 0. The topological polar surface area (TPSA) is 38.3 Å². The van der Waals surface area contributed by atoms with Crippen LogP contribution in [-0.4, -0.2) is 12.0 Å². The molecule has 0 radical (unpaired) electrons. The lowest BCUT2D eigenvalue weighted by Crippen LogP contribution is -2.31. The van der Waals surface area contributed by atoms with Gasteiger partial charge in [0.15, 0.2) is 6.10 Å². The molecule has 2 aromatic carbocycles. The highest BCUT2D eigenvalue weighted by Crippen LogP contribution is 2.36. The molecule has 1 atom stereocenters. The van der Waals surface area contributed by atoms with Crippen molar-refractivity contribution in [2.75, 3.05) is 5.32 Å². The van der Waals surface area contributed by atoms with Crippen LogP contribution in [-0.2, 0) is 11.0 Å². The second-order valence-electron chi connectivity index (χ2n) is 4.89. The molecule has 1 amide bonds. The van der Waals surface area contributed by atoms with E-state index in [1.807, 2.05) is 0 Å². The number of halogens is 5. The highest BCUT2D eigenvalue weighted by molar-refractivity contribution is 9.10. The summed E-state index contributed by atoms with van der Waals surface area (Å²) in [5, 5.41) is 2.15. The zero-order valence-electron chi connectivity index (χ0n) is 12.3. The van der Waals surface area contributed by atoms with Gasteiger partial charge in [0.25, 0.3) is 5.91 Å². The Labute approximate surface area is 149 Å². The van der Waals surface area contributed by atoms with Gasteiger partial charge in [-0.25, -0.2) is 0 Å². The molecule has 1 unspecified atom stereocenters. The first-order chi connectivity index (χ1) is 11.2. The number of hydrogen-bond acceptors (Lipinski definition) is 2. The molecule has 0 saturated heterocycles. The standard InChI is InChI=1S/C16H12BrClF3NO2/c1-9(24-12-5-2-10(17)3-6-12)15(23)22-14-7-4-11(18)8-13(14)16(19,20)21/h2-9H,1H3,(H,22,23). The van der Waals surface area contributed by atoms with Crippen LogP contribution in [0.5, 0.6) is 5.75 Å². The quantitative estimate of drug-likeness (QED) is 0.704. The molecule has 0 saturated carbocycles. The molecule has 0 heterocycles. The van der Waals surface area contributed by atoms with Crippen LogP contribution in [0.3, 0.4) is 0 Å². The van der Waals surface area contributed by atoms with E-state index in [9.17, 15) is 18.0 Å². The van der Waals surface area contributed by atoms with Crippen LogP contribution in [0.15, 0.2) is 46.9 Å². The van der Waals surface area contributed by atoms with Crippen LogP contribution >= 0.6 is 27.5 Å². The second-order valence-corrected chi connectivity index (χ2v) is 6.24. The normalized spacial score (nSPS) is 12.6. The largest absolute Gasteiger partial charge is 0.481 e. The molecule has 0 aliphatic heterocycles. The third-order valence-corrected chi connectivity index (χ3v) is 3.80. The third-order valence-electron chi connectivity index (χ3n) is 3.04. The molecule has 0 spiro atoms. The summed E-state index contributed by atoms with van der Waals surface area (Å²) in [6.45, 7) is 1.44. The van der Waals surface area contributed by atoms with Crippen LogP contribution in [0.2, 0.25) is 5.02 Å². The Bertz CT molecular complexity index is 735. The smallest absolute Gasteiger partial charge is 0.418 e. The monoisotopic (exact) mass is 421 g/mol. The van der Waals surface area contributed by atoms with Gasteiger partial charge in [-0.3, -0.25) is 4.79 Å². The maximum Gasteiger partial charge on any atom is 0.418 e. The van der Waals surface area contributed by atoms with Gasteiger partial charge in [-0.2, -0.15) is 13.2 Å². The number of hydrogen-bond donors (Lipinski definition) is 1. The number of rotatable bonds is 4. The van der Waals surface area contributed by atoms with Gasteiger partial charge in [-0.15, -0.1) is 0 Å². The number of nitrogens with one attached hydrogen (secondary N) is 1. The van der Waals surface area contributed by atoms with Gasteiger partial charge in [-0.1, -0.05) is 27.5 Å². The molecule has 24 heavy (non-hydrogen) atoms. The second kappa shape index (κ2) is 7.44. The van der Waals surface area contributed by atoms with E-state index in [0.717, 1.165) is 16.6 Å². The Morgan fingerprint density at radius 2 is 1.83 bits per heavy atom. The molecule has 2 rings (SSSR count). The van der Waals surface area contributed by atoms with E-state index in [4.69, 9.17) is 16.3 Å². The lowest BCUT2D eigenvalue weighted by Gasteiger charge is -2.18. The van der Waals surface area contributed by atoms with E-state index in [1.54, 1.807) is 24.3 Å². The van der Waals surface area contributed by atoms with E-state index in [1.165, 1.54) is 13.0 Å². The number of amides is 1. The van der Waals surface area contributed by atoms with Crippen molar-refractivity contribution in [1.82, 2.24) is 0 Å². The molecular formula is C16H12BrClF3NO2. The summed E-state index contributed by atoms with van der Waals surface area (Å²) in [6, 6.07) is 9.86. The molecule has 0 fully saturated rings. The maximum atomic E-state index is 13.0. The molecule has 0 aliphatic rings. The molecule has 1 N–H and O–H groups in total. The van der Waals surface area contributed by atoms with Crippen LogP contribution in [0, 0.1) is 0 Å². The number of anilines is 1. The molecule has 0 aromatic heterocycles. The number of alkyl halides is 3. The van der Waals surface area contributed by atoms with Crippen molar-refractivity contribution in [3.8, 4) is 5.75 Å². The van der Waals surface area contributed by atoms with Crippen molar-refractivity contribution in [3.63, 3.8) is 0 Å². The van der Waals surface area contributed by atoms with Gasteiger partial charge in [0.1, 0.15) is 5.75 Å². The molecule has 0 aliphatic carbocycles. The third kappa shape index (κ3) is 4.88. The van der Waals surface area contributed by atoms with E-state index in [0.29, 0.717) is 5.75 Å². The molecular weight excluding hydrogens is 411 g/mol. The first-order valence-electron chi connectivity index (χ1n) is 6.76. The minimum atomic E-state index is -4.64. The highest BCUT2D eigenvalue weighted by atomic mass is 79.9. The Morgan fingerprint density at radius 1 is 1.21 bits per heavy atom. The summed E-state index contributed by atoms with van der Waals surface area (Å²) in [4.78, 5) is 12.1. The average molecular weight is 423 g/mol. The van der Waals surface area contributed by atoms with E-state index >= 15 is 0 Å². The van der Waals surface area contributed by atoms with Crippen molar-refractivity contribution in [1.29, 1.82) is 0 Å². The van der Waals surface area contributed by atoms with Crippen molar-refractivity contribution >= 4 is 39.1 Å². The van der Waals surface area contributed by atoms with Crippen LogP contribution in [0.4, 0.5) is 18.9 Å². The van der Waals surface area contributed by atoms with E-state index < -0.39 is 23.8 Å². The minimum absolute atomic E-state index is 0.0699. The summed E-state index contributed by atoms with van der Waals surface area (Å²) in [6.07, 6.45) is -5.62. The Hall–Kier alpha value is -1.73. The zero-order valence-corrected chi connectivity index (χ0v) is 14.7. The number of benzene rings is 2. The highest BCUT2D eigenvalue weighted by Gasteiger charge is 2.34. The summed E-state index contributed by atoms with van der Waals surface area (Å²) in [5.74, 6) is -0.279. The fraction of sp³-hybridized carbons (Fsp3) is 0.188. The van der Waals surface area contributed by atoms with Gasteiger partial charge in [0, 0.05) is 9.50 Å². The Morgan fingerprint density at radius 3 is 2.42 bits per heavy atom. The van der Waals surface area contributed by atoms with Gasteiger partial charge in [0.05, 0.1) is 11.3 Å². The van der Waals surface area contributed by atoms with Gasteiger partial charge >= 0.3 is 6.18 Å². The first kappa shape index (κ1) is 18.6. The zero-order chi connectivity index (χ0) is 17.9. The fourth-order valence-electron chi connectivity index (χ4n) is 1.87. The van der Waals surface area contributed by atoms with Gasteiger partial charge in [-0.05, 0) is 49.4 Å². The van der Waals surface area contributed by atoms with E-state index in [-0.39, 0.29) is 10.7 Å². The SMILES string of the molecule is CC(Oc1ccc(Br)cc1)C(=O)Nc1ccc(Cl)cc1C(F)(F)F. The van der Waals surface area contributed by atoms with Crippen LogP contribution in [0.1, 0.15) is 12.5 Å². The van der Waals surface area contributed by atoms with Crippen molar-refractivity contribution < 1.29 is 22.7 Å². The number of carbonyl (C=O) groups is 1. The predicted octanol–water partition coefficient (Wildman–Crippen LogP) is 5.53. The van der Waals surface area contributed by atoms with Crippen LogP contribution in [0.25, 0.3) is 0 Å². The molecule has 128 valence electrons. The lowest BCUT2D eigenvalue weighted by molar-refractivity contribution is -0.137. The van der Waals surface area contributed by atoms with Gasteiger partial charge < -0.3 is 10.1 Å². The number of carbonyl (C=O) groups excluding carboxylic acids is 1. The Kier molecular flexibility index (Phi) is 5.77. The molecule has 8 heteroatoms. The molecule has 3 nitrogen and oxygen atoms in total. The predicted molar refractivity (Wildman–Crippen MR) is 89.3 cm³/mol. The van der Waals surface area contributed by atoms with E-state index in [2.05, 4.69) is 21.2 Å². The van der Waals surface area contributed by atoms with Gasteiger partial charge in [0.2, 0.25) is 0 Å². The first-order valence-corrected chi connectivity index (χ1v) is 7.94. The van der Waals surface area contributed by atoms with Crippen molar-refractivity contribution in [2.45, 2.75) is 19.2 Å². The maximum absolute atomic E-state index is 13.0. The lowest BCUT2D eigenvalue weighted by atomic mass is 10.1. The molecule has 2 aromatic rings. The summed E-state index contributed by atoms with van der Waals surface area (Å²) < 4.78 is 45.3. The van der Waals surface area contributed by atoms with Crippen LogP contribution < -0.4 is 10.1 Å². The molecule has 0 bridgehead atoms. The summed E-state index contributed by atoms with van der Waals surface area (Å²) in [5.41, 5.74) is -1.39. The summed E-state index contributed by atoms with van der Waals surface area (Å²) >= 11 is 8.87. The van der Waals surface area contributed by atoms with Crippen molar-refractivity contribution in [2.24, 2.45) is 0 Å². The number of ether oxygens (including phenoxy) is 1. The minimum Gasteiger partial charge on any atom is -0.481 e. The van der Waals surface area contributed by atoms with Crippen molar-refractivity contribution in [3.05, 3.63) is 57.5 Å². The average Bonchev–Trinajstić information content (AvgIpc) is 2.50.